The van der Waals surface area contributed by atoms with Crippen molar-refractivity contribution >= 4 is 27.7 Å². The molecule has 0 aliphatic carbocycles. The maximum absolute atomic E-state index is 10.9. The molecule has 2 aromatic rings. The van der Waals surface area contributed by atoms with E-state index in [4.69, 9.17) is 5.11 Å². The number of rotatable bonds is 2. The van der Waals surface area contributed by atoms with Crippen molar-refractivity contribution in [2.24, 2.45) is 0 Å². The Hall–Kier alpha value is -1.56. The molecular formula is C9H9N3O2S. The highest BCUT2D eigenvalue weighted by atomic mass is 32.1. The summed E-state index contributed by atoms with van der Waals surface area (Å²) in [5.74, 6) is -1.52. The predicted molar refractivity (Wildman–Crippen MR) is 56.0 cm³/mol. The molecule has 0 aromatic carbocycles. The van der Waals surface area contributed by atoms with Crippen LogP contribution in [0.5, 0.6) is 0 Å². The van der Waals surface area contributed by atoms with E-state index in [0.717, 1.165) is 15.9 Å². The molecule has 0 saturated heterocycles. The van der Waals surface area contributed by atoms with E-state index in [1.165, 1.54) is 17.9 Å². The van der Waals surface area contributed by atoms with Gasteiger partial charge in [-0.2, -0.15) is 4.37 Å². The highest BCUT2D eigenvalue weighted by Crippen LogP contribution is 2.27. The first kappa shape index (κ1) is 9.97. The number of hydrogen-bond donors (Lipinski definition) is 1. The summed E-state index contributed by atoms with van der Waals surface area (Å²) < 4.78 is 4.14. The fourth-order valence-corrected chi connectivity index (χ4v) is 2.15. The number of carboxylic acids is 1. The first-order valence-corrected chi connectivity index (χ1v) is 5.18. The van der Waals surface area contributed by atoms with Gasteiger partial charge in [0.25, 0.3) is 0 Å². The monoisotopic (exact) mass is 223 g/mol. The summed E-state index contributed by atoms with van der Waals surface area (Å²) >= 11 is 1.26. The van der Waals surface area contributed by atoms with E-state index < -0.39 is 11.9 Å². The molecule has 0 saturated carbocycles. The summed E-state index contributed by atoms with van der Waals surface area (Å²) in [6, 6.07) is 0. The fraction of sp³-hybridized carbons (Fsp3) is 0.333. The number of carbonyl (C=O) groups is 1. The third kappa shape index (κ3) is 1.56. The molecule has 5 nitrogen and oxygen atoms in total. The van der Waals surface area contributed by atoms with Crippen molar-refractivity contribution < 1.29 is 9.90 Å². The van der Waals surface area contributed by atoms with E-state index in [-0.39, 0.29) is 0 Å². The largest absolute Gasteiger partial charge is 0.481 e. The molecule has 78 valence electrons. The minimum Gasteiger partial charge on any atom is -0.481 e. The first-order chi connectivity index (χ1) is 7.11. The molecule has 2 rings (SSSR count). The van der Waals surface area contributed by atoms with Crippen molar-refractivity contribution in [2.45, 2.75) is 19.8 Å². The Balaban J connectivity index is 2.69. The fourth-order valence-electron chi connectivity index (χ4n) is 1.39. The van der Waals surface area contributed by atoms with Crippen LogP contribution in [0.4, 0.5) is 0 Å². The number of aryl methyl sites for hydroxylation is 1. The van der Waals surface area contributed by atoms with E-state index in [0.29, 0.717) is 5.69 Å². The van der Waals surface area contributed by atoms with Crippen LogP contribution in [-0.4, -0.2) is 25.4 Å². The van der Waals surface area contributed by atoms with Crippen LogP contribution in [0.3, 0.4) is 0 Å². The number of aromatic nitrogens is 3. The third-order valence-electron chi connectivity index (χ3n) is 2.25. The lowest BCUT2D eigenvalue weighted by Gasteiger charge is -2.06. The zero-order chi connectivity index (χ0) is 11.0. The number of hydrogen-bond acceptors (Lipinski definition) is 5. The Bertz CT molecular complexity index is 523. The summed E-state index contributed by atoms with van der Waals surface area (Å²) in [4.78, 5) is 19.7. The number of carboxylic acid groups (broad SMARTS) is 1. The molecule has 0 spiro atoms. The first-order valence-electron chi connectivity index (χ1n) is 4.41. The Morgan fingerprint density at radius 1 is 1.53 bits per heavy atom. The molecule has 1 unspecified atom stereocenters. The van der Waals surface area contributed by atoms with Gasteiger partial charge in [-0.1, -0.05) is 0 Å². The van der Waals surface area contributed by atoms with Gasteiger partial charge >= 0.3 is 5.97 Å². The molecule has 0 aliphatic heterocycles. The van der Waals surface area contributed by atoms with Crippen molar-refractivity contribution in [2.75, 3.05) is 0 Å². The maximum Gasteiger partial charge on any atom is 0.312 e. The average molecular weight is 223 g/mol. The van der Waals surface area contributed by atoms with Crippen LogP contribution in [0, 0.1) is 6.92 Å². The summed E-state index contributed by atoms with van der Waals surface area (Å²) in [6.45, 7) is 3.45. The summed E-state index contributed by atoms with van der Waals surface area (Å²) in [5.41, 5.74) is 1.33. The second-order valence-electron chi connectivity index (χ2n) is 3.27. The second kappa shape index (κ2) is 3.54. The lowest BCUT2D eigenvalue weighted by molar-refractivity contribution is -0.138. The van der Waals surface area contributed by atoms with Gasteiger partial charge in [-0.05, 0) is 25.4 Å². The molecule has 6 heteroatoms. The Morgan fingerprint density at radius 2 is 2.27 bits per heavy atom. The van der Waals surface area contributed by atoms with Crippen LogP contribution < -0.4 is 0 Å². The molecule has 1 atom stereocenters. The average Bonchev–Trinajstić information content (AvgIpc) is 2.59. The number of aliphatic carboxylic acids is 1. The highest BCUT2D eigenvalue weighted by molar-refractivity contribution is 7.12. The molecule has 0 fully saturated rings. The topological polar surface area (TPSA) is 76.0 Å². The molecule has 2 aromatic heterocycles. The highest BCUT2D eigenvalue weighted by Gasteiger charge is 2.20. The molecule has 0 aliphatic rings. The van der Waals surface area contributed by atoms with Crippen molar-refractivity contribution in [3.63, 3.8) is 0 Å². The van der Waals surface area contributed by atoms with Crippen molar-refractivity contribution in [3.05, 3.63) is 17.7 Å². The molecule has 2 heterocycles. The van der Waals surface area contributed by atoms with Gasteiger partial charge in [0.15, 0.2) is 0 Å². The van der Waals surface area contributed by atoms with Gasteiger partial charge < -0.3 is 5.11 Å². The van der Waals surface area contributed by atoms with Crippen LogP contribution >= 0.6 is 11.5 Å². The zero-order valence-corrected chi connectivity index (χ0v) is 9.08. The minimum absolute atomic E-state index is 0.541. The van der Waals surface area contributed by atoms with Crippen LogP contribution in [0.2, 0.25) is 0 Å². The van der Waals surface area contributed by atoms with E-state index in [1.54, 1.807) is 6.92 Å². The zero-order valence-electron chi connectivity index (χ0n) is 8.26. The predicted octanol–water partition coefficient (Wildman–Crippen LogP) is 1.58. The SMILES string of the molecule is Cc1nsc2ncnc(C(C)C(=O)O)c12. The second-order valence-corrected chi connectivity index (χ2v) is 4.02. The Kier molecular flexibility index (Phi) is 2.36. The van der Waals surface area contributed by atoms with Crippen LogP contribution in [0.15, 0.2) is 6.33 Å². The molecule has 15 heavy (non-hydrogen) atoms. The van der Waals surface area contributed by atoms with Gasteiger partial charge in [-0.25, -0.2) is 9.97 Å². The maximum atomic E-state index is 10.9. The van der Waals surface area contributed by atoms with Crippen LogP contribution in [0.1, 0.15) is 24.2 Å². The Morgan fingerprint density at radius 3 is 2.93 bits per heavy atom. The molecular weight excluding hydrogens is 214 g/mol. The van der Waals surface area contributed by atoms with Gasteiger partial charge in [-0.15, -0.1) is 0 Å². The lowest BCUT2D eigenvalue weighted by atomic mass is 10.0. The third-order valence-corrected chi connectivity index (χ3v) is 3.10. The van der Waals surface area contributed by atoms with Crippen molar-refractivity contribution in [3.8, 4) is 0 Å². The summed E-state index contributed by atoms with van der Waals surface area (Å²) in [5, 5.41) is 9.72. The molecule has 0 amide bonds. The Labute approximate surface area is 90.0 Å². The number of fused-ring (bicyclic) bond motifs is 1. The van der Waals surface area contributed by atoms with Gasteiger partial charge in [0.2, 0.25) is 0 Å². The summed E-state index contributed by atoms with van der Waals surface area (Å²) in [7, 11) is 0. The van der Waals surface area contributed by atoms with Crippen molar-refractivity contribution in [1.82, 2.24) is 14.3 Å². The summed E-state index contributed by atoms with van der Waals surface area (Å²) in [6.07, 6.45) is 1.38. The quantitative estimate of drug-likeness (QED) is 0.836. The van der Waals surface area contributed by atoms with Crippen molar-refractivity contribution in [1.29, 1.82) is 0 Å². The van der Waals surface area contributed by atoms with Gasteiger partial charge in [0.05, 0.1) is 22.7 Å². The van der Waals surface area contributed by atoms with Gasteiger partial charge in [0.1, 0.15) is 11.2 Å². The minimum atomic E-state index is -0.888. The van der Waals surface area contributed by atoms with E-state index in [2.05, 4.69) is 14.3 Å². The van der Waals surface area contributed by atoms with Crippen LogP contribution in [-0.2, 0) is 4.79 Å². The van der Waals surface area contributed by atoms with Gasteiger partial charge in [-0.3, -0.25) is 4.79 Å². The van der Waals surface area contributed by atoms with E-state index in [9.17, 15) is 4.79 Å². The lowest BCUT2D eigenvalue weighted by Crippen LogP contribution is -2.10. The molecule has 1 N–H and O–H groups in total. The van der Waals surface area contributed by atoms with Gasteiger partial charge in [0, 0.05) is 0 Å². The smallest absolute Gasteiger partial charge is 0.312 e. The standard InChI is InChI=1S/C9H9N3O2S/c1-4(9(13)14)7-6-5(2)12-15-8(6)11-3-10-7/h3-4H,1-2H3,(H,13,14). The number of nitrogens with zero attached hydrogens (tertiary/aromatic N) is 3. The normalized spacial score (nSPS) is 12.9. The van der Waals surface area contributed by atoms with E-state index >= 15 is 0 Å². The van der Waals surface area contributed by atoms with E-state index in [1.807, 2.05) is 6.92 Å². The van der Waals surface area contributed by atoms with Crippen LogP contribution in [0.25, 0.3) is 10.2 Å². The molecule has 0 radical (unpaired) electrons. The molecule has 0 bridgehead atoms.